The lowest BCUT2D eigenvalue weighted by Crippen LogP contribution is -2.44. The molecule has 1 saturated heterocycles. The maximum Gasteiger partial charge on any atom is 0.263 e. The van der Waals surface area contributed by atoms with Crippen LogP contribution in [0.4, 0.5) is 5.69 Å². The van der Waals surface area contributed by atoms with Crippen molar-refractivity contribution in [3.63, 3.8) is 0 Å². The van der Waals surface area contributed by atoms with Crippen molar-refractivity contribution in [1.29, 1.82) is 0 Å². The highest BCUT2D eigenvalue weighted by molar-refractivity contribution is 8.26. The third-order valence-corrected chi connectivity index (χ3v) is 5.83. The summed E-state index contributed by atoms with van der Waals surface area (Å²) >= 11 is 12.8. The SMILES string of the molecule is CCN1c2cc(Cl)c(/C=C3\SC(=S)NC3=O)cc2C(C)=CC1(C)C. The Morgan fingerprint density at radius 1 is 1.42 bits per heavy atom. The summed E-state index contributed by atoms with van der Waals surface area (Å²) in [5, 5.41) is 3.26. The van der Waals surface area contributed by atoms with Crippen LogP contribution in [0.15, 0.2) is 23.1 Å². The van der Waals surface area contributed by atoms with E-state index in [2.05, 4.69) is 50.1 Å². The van der Waals surface area contributed by atoms with E-state index in [1.54, 1.807) is 0 Å². The number of carbonyl (C=O) groups is 1. The van der Waals surface area contributed by atoms with E-state index >= 15 is 0 Å². The molecule has 1 aromatic carbocycles. The maximum atomic E-state index is 11.9. The highest BCUT2D eigenvalue weighted by atomic mass is 35.5. The number of allylic oxidation sites excluding steroid dienone is 1. The highest BCUT2D eigenvalue weighted by Gasteiger charge is 2.31. The molecule has 1 fully saturated rings. The van der Waals surface area contributed by atoms with Crippen LogP contribution in [0.3, 0.4) is 0 Å². The number of benzene rings is 1. The van der Waals surface area contributed by atoms with Gasteiger partial charge in [0.1, 0.15) is 4.32 Å². The Morgan fingerprint density at radius 3 is 2.71 bits per heavy atom. The van der Waals surface area contributed by atoms with Crippen molar-refractivity contribution in [2.24, 2.45) is 0 Å². The first kappa shape index (κ1) is 17.5. The predicted molar refractivity (Wildman–Crippen MR) is 109 cm³/mol. The molecule has 0 spiro atoms. The van der Waals surface area contributed by atoms with E-state index in [4.69, 9.17) is 23.8 Å². The van der Waals surface area contributed by atoms with E-state index in [0.717, 1.165) is 23.4 Å². The Morgan fingerprint density at radius 2 is 2.12 bits per heavy atom. The predicted octanol–water partition coefficient (Wildman–Crippen LogP) is 4.85. The zero-order valence-electron chi connectivity index (χ0n) is 14.1. The van der Waals surface area contributed by atoms with Crippen molar-refractivity contribution in [3.05, 3.63) is 39.3 Å². The van der Waals surface area contributed by atoms with Crippen molar-refractivity contribution >= 4 is 63.1 Å². The minimum Gasteiger partial charge on any atom is -0.363 e. The van der Waals surface area contributed by atoms with Crippen LogP contribution >= 0.6 is 35.6 Å². The lowest BCUT2D eigenvalue weighted by atomic mass is 9.88. The van der Waals surface area contributed by atoms with Gasteiger partial charge in [0.05, 0.1) is 10.4 Å². The summed E-state index contributed by atoms with van der Waals surface area (Å²) in [5.74, 6) is -0.164. The molecule has 1 amide bonds. The molecule has 0 aliphatic carbocycles. The van der Waals surface area contributed by atoms with Gasteiger partial charge >= 0.3 is 0 Å². The number of amides is 1. The van der Waals surface area contributed by atoms with E-state index in [1.165, 1.54) is 17.3 Å². The molecule has 2 heterocycles. The van der Waals surface area contributed by atoms with Crippen LogP contribution in [0.1, 0.15) is 38.8 Å². The second-order valence-corrected chi connectivity index (χ2v) is 8.59. The number of nitrogens with one attached hydrogen (secondary N) is 1. The number of carbonyl (C=O) groups excluding carboxylic acids is 1. The average Bonchev–Trinajstić information content (AvgIpc) is 2.78. The fraction of sp³-hybridized carbons (Fsp3) is 0.333. The average molecular weight is 379 g/mol. The molecule has 126 valence electrons. The topological polar surface area (TPSA) is 32.3 Å². The summed E-state index contributed by atoms with van der Waals surface area (Å²) in [4.78, 5) is 14.8. The van der Waals surface area contributed by atoms with Gasteiger partial charge in [-0.3, -0.25) is 4.79 Å². The van der Waals surface area contributed by atoms with Crippen molar-refractivity contribution in [2.75, 3.05) is 11.4 Å². The van der Waals surface area contributed by atoms with Gasteiger partial charge in [0, 0.05) is 22.8 Å². The fourth-order valence-corrected chi connectivity index (χ4v) is 4.61. The number of thioether (sulfide) groups is 1. The van der Waals surface area contributed by atoms with Gasteiger partial charge in [0.25, 0.3) is 5.91 Å². The molecule has 0 aromatic heterocycles. The molecule has 0 bridgehead atoms. The van der Waals surface area contributed by atoms with Crippen molar-refractivity contribution in [2.45, 2.75) is 33.2 Å². The molecule has 0 atom stereocenters. The van der Waals surface area contributed by atoms with Crippen LogP contribution in [0.2, 0.25) is 5.02 Å². The molecule has 24 heavy (non-hydrogen) atoms. The van der Waals surface area contributed by atoms with Gasteiger partial charge in [-0.1, -0.05) is 41.7 Å². The number of halogens is 1. The summed E-state index contributed by atoms with van der Waals surface area (Å²) in [5.41, 5.74) is 4.28. The first-order chi connectivity index (χ1) is 11.2. The quantitative estimate of drug-likeness (QED) is 0.589. The summed E-state index contributed by atoms with van der Waals surface area (Å²) in [7, 11) is 0. The number of fused-ring (bicyclic) bond motifs is 1. The first-order valence-corrected chi connectivity index (χ1v) is 9.39. The number of hydrogen-bond donors (Lipinski definition) is 1. The van der Waals surface area contributed by atoms with Gasteiger partial charge in [-0.25, -0.2) is 0 Å². The third-order valence-electron chi connectivity index (χ3n) is 4.34. The summed E-state index contributed by atoms with van der Waals surface area (Å²) in [6, 6.07) is 4.06. The zero-order chi connectivity index (χ0) is 17.6. The van der Waals surface area contributed by atoms with Gasteiger partial charge < -0.3 is 10.2 Å². The van der Waals surface area contributed by atoms with Gasteiger partial charge in [-0.15, -0.1) is 0 Å². The second kappa shape index (κ2) is 6.21. The van der Waals surface area contributed by atoms with E-state index in [-0.39, 0.29) is 11.4 Å². The van der Waals surface area contributed by atoms with E-state index in [0.29, 0.717) is 14.2 Å². The largest absolute Gasteiger partial charge is 0.363 e. The Labute approximate surface area is 157 Å². The first-order valence-electron chi connectivity index (χ1n) is 7.79. The van der Waals surface area contributed by atoms with Crippen LogP contribution in [-0.2, 0) is 4.79 Å². The van der Waals surface area contributed by atoms with Crippen LogP contribution < -0.4 is 10.2 Å². The third kappa shape index (κ3) is 3.01. The van der Waals surface area contributed by atoms with Gasteiger partial charge in [0.2, 0.25) is 0 Å². The Bertz CT molecular complexity index is 811. The Hall–Kier alpha value is -1.30. The van der Waals surface area contributed by atoms with Gasteiger partial charge in [0.15, 0.2) is 0 Å². The van der Waals surface area contributed by atoms with Gasteiger partial charge in [-0.2, -0.15) is 0 Å². The molecule has 0 unspecified atom stereocenters. The molecule has 3 nitrogen and oxygen atoms in total. The Kier molecular flexibility index (Phi) is 4.53. The standard InChI is InChI=1S/C18H19ClN2OS2/c1-5-21-14-8-13(19)11(7-15-16(22)20-17(23)24-15)6-12(14)10(2)9-18(21,3)4/h6-9H,5H2,1-4H3,(H,20,22,23)/b15-7-. The minimum absolute atomic E-state index is 0.0531. The molecule has 2 aliphatic rings. The number of likely N-dealkylation sites (N-methyl/N-ethyl adjacent to an activating group) is 1. The lowest BCUT2D eigenvalue weighted by Gasteiger charge is -2.43. The molecule has 0 radical (unpaired) electrons. The fourth-order valence-electron chi connectivity index (χ4n) is 3.37. The molecular formula is C18H19ClN2OS2. The number of nitrogens with zero attached hydrogens (tertiary/aromatic N) is 1. The number of thiocarbonyl (C=S) groups is 1. The summed E-state index contributed by atoms with van der Waals surface area (Å²) in [6.45, 7) is 9.56. The van der Waals surface area contributed by atoms with E-state index < -0.39 is 0 Å². The Balaban J connectivity index is 2.11. The second-order valence-electron chi connectivity index (χ2n) is 6.47. The van der Waals surface area contributed by atoms with E-state index in [1.807, 2.05) is 12.1 Å². The molecule has 1 aromatic rings. The molecule has 1 N–H and O–H groups in total. The van der Waals surface area contributed by atoms with Crippen molar-refractivity contribution in [1.82, 2.24) is 5.32 Å². The molecule has 2 aliphatic heterocycles. The molecule has 0 saturated carbocycles. The monoisotopic (exact) mass is 378 g/mol. The highest BCUT2D eigenvalue weighted by Crippen LogP contribution is 2.42. The van der Waals surface area contributed by atoms with Crippen LogP contribution in [0, 0.1) is 0 Å². The molecule has 3 rings (SSSR count). The minimum atomic E-state index is -0.164. The number of anilines is 1. The smallest absolute Gasteiger partial charge is 0.263 e. The summed E-state index contributed by atoms with van der Waals surface area (Å²) < 4.78 is 0.482. The zero-order valence-corrected chi connectivity index (χ0v) is 16.5. The van der Waals surface area contributed by atoms with Crippen LogP contribution in [-0.4, -0.2) is 22.3 Å². The van der Waals surface area contributed by atoms with Crippen molar-refractivity contribution < 1.29 is 4.79 Å². The number of rotatable bonds is 2. The maximum absolute atomic E-state index is 11.9. The molecular weight excluding hydrogens is 360 g/mol. The normalized spacial score (nSPS) is 21.0. The lowest BCUT2D eigenvalue weighted by molar-refractivity contribution is -0.115. The summed E-state index contributed by atoms with van der Waals surface area (Å²) in [6.07, 6.45) is 4.08. The molecule has 6 heteroatoms. The van der Waals surface area contributed by atoms with E-state index in [9.17, 15) is 4.79 Å². The van der Waals surface area contributed by atoms with Crippen LogP contribution in [0.5, 0.6) is 0 Å². The van der Waals surface area contributed by atoms with Crippen molar-refractivity contribution in [3.8, 4) is 0 Å². The van der Waals surface area contributed by atoms with Crippen LogP contribution in [0.25, 0.3) is 11.6 Å². The number of hydrogen-bond acceptors (Lipinski definition) is 4. The van der Waals surface area contributed by atoms with Gasteiger partial charge in [-0.05, 0) is 57.0 Å².